The lowest BCUT2D eigenvalue weighted by atomic mass is 9.84. The molecule has 0 aromatic heterocycles. The van der Waals surface area contributed by atoms with Crippen molar-refractivity contribution in [2.24, 2.45) is 23.5 Å². The molecule has 130 valence electrons. The van der Waals surface area contributed by atoms with E-state index in [0.29, 0.717) is 36.2 Å². The average molecular weight is 349 g/mol. The summed E-state index contributed by atoms with van der Waals surface area (Å²) in [5.74, 6) is 1.01. The molecule has 24 heavy (non-hydrogen) atoms. The van der Waals surface area contributed by atoms with Crippen LogP contribution in [0.25, 0.3) is 0 Å². The highest BCUT2D eigenvalue weighted by Crippen LogP contribution is 2.47. The smallest absolute Gasteiger partial charge is 0.235 e. The maximum Gasteiger partial charge on any atom is 0.235 e. The molecule has 3 aliphatic rings. The average Bonchev–Trinajstić information content (AvgIpc) is 3.22. The Labute approximate surface area is 142 Å². The van der Waals surface area contributed by atoms with Crippen LogP contribution in [0.3, 0.4) is 0 Å². The Morgan fingerprint density at radius 3 is 2.46 bits per heavy atom. The number of carbonyl (C=O) groups is 1. The van der Waals surface area contributed by atoms with Crippen molar-refractivity contribution in [3.05, 3.63) is 24.3 Å². The number of rotatable bonds is 3. The lowest BCUT2D eigenvalue weighted by molar-refractivity contribution is -0.121. The molecule has 1 aliphatic heterocycles. The van der Waals surface area contributed by atoms with E-state index in [1.54, 1.807) is 24.3 Å². The largest absolute Gasteiger partial charge is 0.327 e. The number of anilines is 2. The summed E-state index contributed by atoms with van der Waals surface area (Å²) in [5.41, 5.74) is 7.57. The number of hydrogen-bond donors (Lipinski definition) is 2. The van der Waals surface area contributed by atoms with Crippen LogP contribution >= 0.6 is 0 Å². The minimum absolute atomic E-state index is 0.00348. The monoisotopic (exact) mass is 349 g/mol. The van der Waals surface area contributed by atoms with Gasteiger partial charge < -0.3 is 11.1 Å². The maximum absolute atomic E-state index is 12.6. The van der Waals surface area contributed by atoms with Crippen LogP contribution < -0.4 is 15.4 Å². The van der Waals surface area contributed by atoms with Crippen molar-refractivity contribution in [2.45, 2.75) is 31.7 Å². The first-order chi connectivity index (χ1) is 11.5. The minimum atomic E-state index is -3.17. The summed E-state index contributed by atoms with van der Waals surface area (Å²) in [5, 5.41) is 2.95. The van der Waals surface area contributed by atoms with E-state index in [9.17, 15) is 13.2 Å². The normalized spacial score (nSPS) is 33.8. The van der Waals surface area contributed by atoms with Gasteiger partial charge in [-0.25, -0.2) is 8.42 Å². The molecular formula is C17H23N3O3S. The van der Waals surface area contributed by atoms with E-state index in [-0.39, 0.29) is 23.6 Å². The summed E-state index contributed by atoms with van der Waals surface area (Å²) in [6, 6.07) is 7.00. The van der Waals surface area contributed by atoms with Crippen molar-refractivity contribution >= 4 is 27.3 Å². The van der Waals surface area contributed by atoms with Crippen molar-refractivity contribution < 1.29 is 13.2 Å². The van der Waals surface area contributed by atoms with Gasteiger partial charge in [-0.3, -0.25) is 9.10 Å². The van der Waals surface area contributed by atoms with Crippen molar-refractivity contribution in [2.75, 3.05) is 21.9 Å². The fraction of sp³-hybridized carbons (Fsp3) is 0.588. The van der Waals surface area contributed by atoms with Crippen LogP contribution in [0.5, 0.6) is 0 Å². The molecule has 2 bridgehead atoms. The molecule has 4 unspecified atom stereocenters. The maximum atomic E-state index is 12.6. The molecule has 2 aliphatic carbocycles. The van der Waals surface area contributed by atoms with Gasteiger partial charge in [0.05, 0.1) is 17.4 Å². The fourth-order valence-corrected chi connectivity index (χ4v) is 6.16. The van der Waals surface area contributed by atoms with Crippen LogP contribution in [0.4, 0.5) is 11.4 Å². The van der Waals surface area contributed by atoms with Crippen molar-refractivity contribution in [3.8, 4) is 0 Å². The minimum Gasteiger partial charge on any atom is -0.327 e. The van der Waals surface area contributed by atoms with Gasteiger partial charge in [-0.05, 0) is 61.8 Å². The first-order valence-corrected chi connectivity index (χ1v) is 10.2. The Morgan fingerprint density at radius 1 is 1.17 bits per heavy atom. The van der Waals surface area contributed by atoms with Crippen LogP contribution in [0, 0.1) is 17.8 Å². The highest BCUT2D eigenvalue weighted by molar-refractivity contribution is 7.93. The molecule has 1 saturated heterocycles. The van der Waals surface area contributed by atoms with Crippen molar-refractivity contribution in [1.29, 1.82) is 0 Å². The molecule has 7 heteroatoms. The predicted molar refractivity (Wildman–Crippen MR) is 93.1 cm³/mol. The molecule has 1 amide bonds. The summed E-state index contributed by atoms with van der Waals surface area (Å²) in [7, 11) is -3.17. The number of nitrogens with one attached hydrogen (secondary N) is 1. The van der Waals surface area contributed by atoms with Crippen LogP contribution in [-0.4, -0.2) is 32.7 Å². The van der Waals surface area contributed by atoms with Crippen LogP contribution in [0.15, 0.2) is 24.3 Å². The lowest BCUT2D eigenvalue weighted by Crippen LogP contribution is -2.42. The Hall–Kier alpha value is -1.60. The molecular weight excluding hydrogens is 326 g/mol. The zero-order valence-corrected chi connectivity index (χ0v) is 14.3. The van der Waals surface area contributed by atoms with Crippen LogP contribution in [0.2, 0.25) is 0 Å². The van der Waals surface area contributed by atoms with Crippen LogP contribution in [0.1, 0.15) is 25.7 Å². The van der Waals surface area contributed by atoms with E-state index in [0.717, 1.165) is 19.3 Å². The highest BCUT2D eigenvalue weighted by Gasteiger charge is 2.49. The van der Waals surface area contributed by atoms with E-state index in [1.165, 1.54) is 4.31 Å². The molecule has 4 rings (SSSR count). The van der Waals surface area contributed by atoms with E-state index in [1.807, 2.05) is 0 Å². The third kappa shape index (κ3) is 2.59. The number of hydrogen-bond acceptors (Lipinski definition) is 4. The number of carbonyl (C=O) groups excluding carboxylic acids is 1. The van der Waals surface area contributed by atoms with E-state index in [4.69, 9.17) is 5.73 Å². The summed E-state index contributed by atoms with van der Waals surface area (Å²) in [4.78, 5) is 12.6. The standard InChI is InChI=1S/C17H23N3O3S/c18-16-12-3-2-11(10-12)15(16)17(21)19-13-4-6-14(7-5-13)20-8-1-9-24(20,22)23/h4-7,11-12,15-16H,1-3,8-10,18H2,(H,19,21). The van der Waals surface area contributed by atoms with Gasteiger partial charge in [0.15, 0.2) is 0 Å². The molecule has 1 heterocycles. The highest BCUT2D eigenvalue weighted by atomic mass is 32.2. The number of sulfonamides is 1. The number of benzene rings is 1. The van der Waals surface area contributed by atoms with E-state index < -0.39 is 10.0 Å². The molecule has 1 aromatic rings. The Morgan fingerprint density at radius 2 is 1.88 bits per heavy atom. The van der Waals surface area contributed by atoms with Gasteiger partial charge in [0.1, 0.15) is 0 Å². The molecule has 0 spiro atoms. The quantitative estimate of drug-likeness (QED) is 0.866. The summed E-state index contributed by atoms with van der Waals surface area (Å²) in [6.45, 7) is 0.522. The van der Waals surface area contributed by atoms with Gasteiger partial charge in [0.25, 0.3) is 0 Å². The number of nitrogens with two attached hydrogens (primary N) is 1. The Balaban J connectivity index is 1.45. The molecule has 4 atom stereocenters. The molecule has 3 fully saturated rings. The second-order valence-corrected chi connectivity index (χ2v) is 9.23. The van der Waals surface area contributed by atoms with Crippen LogP contribution in [-0.2, 0) is 14.8 Å². The van der Waals surface area contributed by atoms with E-state index >= 15 is 0 Å². The zero-order valence-electron chi connectivity index (χ0n) is 13.5. The van der Waals surface area contributed by atoms with Crippen molar-refractivity contribution in [1.82, 2.24) is 0 Å². The summed E-state index contributed by atoms with van der Waals surface area (Å²) in [6.07, 6.45) is 3.98. The van der Waals surface area contributed by atoms with Crippen molar-refractivity contribution in [3.63, 3.8) is 0 Å². The summed E-state index contributed by atoms with van der Waals surface area (Å²) < 4.78 is 25.3. The topological polar surface area (TPSA) is 92.5 Å². The molecule has 2 saturated carbocycles. The molecule has 3 N–H and O–H groups in total. The fourth-order valence-electron chi connectivity index (χ4n) is 4.59. The molecule has 6 nitrogen and oxygen atoms in total. The zero-order chi connectivity index (χ0) is 16.9. The first kappa shape index (κ1) is 15.9. The Bertz CT molecular complexity index is 745. The predicted octanol–water partition coefficient (Wildman–Crippen LogP) is 1.54. The Kier molecular flexibility index (Phi) is 3.80. The first-order valence-electron chi connectivity index (χ1n) is 8.62. The SMILES string of the molecule is NC1C2CCC(C2)C1C(=O)Nc1ccc(N2CCCS2(=O)=O)cc1. The number of nitrogens with zero attached hydrogens (tertiary/aromatic N) is 1. The van der Waals surface area contributed by atoms with Gasteiger partial charge >= 0.3 is 0 Å². The third-order valence-electron chi connectivity index (χ3n) is 5.81. The number of fused-ring (bicyclic) bond motifs is 2. The second kappa shape index (κ2) is 5.74. The van der Waals surface area contributed by atoms with Gasteiger partial charge in [-0.15, -0.1) is 0 Å². The summed E-state index contributed by atoms with van der Waals surface area (Å²) >= 11 is 0. The van der Waals surface area contributed by atoms with Gasteiger partial charge in [-0.2, -0.15) is 0 Å². The van der Waals surface area contributed by atoms with Gasteiger partial charge in [-0.1, -0.05) is 0 Å². The van der Waals surface area contributed by atoms with E-state index in [2.05, 4.69) is 5.32 Å². The second-order valence-electron chi connectivity index (χ2n) is 7.21. The lowest BCUT2D eigenvalue weighted by Gasteiger charge is -2.27. The molecule has 1 aromatic carbocycles. The van der Waals surface area contributed by atoms with Gasteiger partial charge in [0.2, 0.25) is 15.9 Å². The third-order valence-corrected chi connectivity index (χ3v) is 7.68. The molecule has 0 radical (unpaired) electrons. The number of amides is 1. The van der Waals surface area contributed by atoms with Gasteiger partial charge in [0, 0.05) is 18.3 Å².